The predicted octanol–water partition coefficient (Wildman–Crippen LogP) is 1.48. The fourth-order valence-corrected chi connectivity index (χ4v) is 4.00. The highest BCUT2D eigenvalue weighted by Crippen LogP contribution is 2.28. The van der Waals surface area contributed by atoms with E-state index in [1.165, 1.54) is 6.07 Å². The average Bonchev–Trinajstić information content (AvgIpc) is 3.16. The summed E-state index contributed by atoms with van der Waals surface area (Å²) < 4.78 is 5.83. The van der Waals surface area contributed by atoms with E-state index in [0.29, 0.717) is 24.8 Å². The summed E-state index contributed by atoms with van der Waals surface area (Å²) >= 11 is 0. The van der Waals surface area contributed by atoms with Crippen LogP contribution in [0, 0.1) is 0 Å². The van der Waals surface area contributed by atoms with Crippen LogP contribution < -0.4 is 15.8 Å². The maximum Gasteiger partial charge on any atom is 0.341 e. The minimum atomic E-state index is -1.21. The van der Waals surface area contributed by atoms with Crippen LogP contribution in [-0.2, 0) is 11.2 Å². The maximum atomic E-state index is 12.1. The van der Waals surface area contributed by atoms with Crippen molar-refractivity contribution < 1.29 is 14.6 Å². The second kappa shape index (κ2) is 7.17. The van der Waals surface area contributed by atoms with Gasteiger partial charge in [0.1, 0.15) is 5.56 Å². The number of benzene rings is 1. The van der Waals surface area contributed by atoms with Crippen molar-refractivity contribution in [1.82, 2.24) is 10.3 Å². The van der Waals surface area contributed by atoms with Gasteiger partial charge in [-0.2, -0.15) is 0 Å². The lowest BCUT2D eigenvalue weighted by molar-refractivity contribution is 0.0350. The zero-order valence-electron chi connectivity index (χ0n) is 15.2. The summed E-state index contributed by atoms with van der Waals surface area (Å²) in [6.07, 6.45) is 0.859. The molecule has 27 heavy (non-hydrogen) atoms. The molecule has 0 radical (unpaired) electrons. The smallest absolute Gasteiger partial charge is 0.341 e. The number of aromatic amines is 1. The van der Waals surface area contributed by atoms with Crippen molar-refractivity contribution in [3.05, 3.63) is 51.8 Å². The molecule has 2 aliphatic heterocycles. The minimum Gasteiger partial charge on any atom is -0.477 e. The quantitative estimate of drug-likeness (QED) is 0.756. The summed E-state index contributed by atoms with van der Waals surface area (Å²) in [6, 6.07) is 9.88. The lowest BCUT2D eigenvalue weighted by Gasteiger charge is -2.38. The van der Waals surface area contributed by atoms with E-state index < -0.39 is 11.5 Å². The summed E-state index contributed by atoms with van der Waals surface area (Å²) in [5.41, 5.74) is 2.70. The van der Waals surface area contributed by atoms with E-state index in [2.05, 4.69) is 27.3 Å². The number of hydrogen-bond donors (Lipinski definition) is 3. The Balaban J connectivity index is 1.65. The summed E-state index contributed by atoms with van der Waals surface area (Å²) in [5, 5.41) is 12.5. The number of carboxylic acids is 1. The van der Waals surface area contributed by atoms with Crippen molar-refractivity contribution in [2.24, 2.45) is 0 Å². The molecular formula is C20H23N3O4. The van der Waals surface area contributed by atoms with Gasteiger partial charge in [0.15, 0.2) is 0 Å². The van der Waals surface area contributed by atoms with Crippen molar-refractivity contribution in [2.75, 3.05) is 31.1 Å². The molecule has 3 heterocycles. The molecule has 0 amide bonds. The van der Waals surface area contributed by atoms with Gasteiger partial charge in [-0.1, -0.05) is 19.1 Å². The Bertz CT molecular complexity index is 906. The number of carboxylic acid groups (broad SMARTS) is 1. The van der Waals surface area contributed by atoms with Crippen LogP contribution in [0.15, 0.2) is 35.1 Å². The highest BCUT2D eigenvalue weighted by Gasteiger charge is 2.36. The lowest BCUT2D eigenvalue weighted by atomic mass is 10.0. The monoisotopic (exact) mass is 369 g/mol. The lowest BCUT2D eigenvalue weighted by Crippen LogP contribution is -2.50. The predicted molar refractivity (Wildman–Crippen MR) is 103 cm³/mol. The molecule has 3 N–H and O–H groups in total. The molecular weight excluding hydrogens is 346 g/mol. The Hall–Kier alpha value is -2.64. The number of carbonyl (C=O) groups is 1. The van der Waals surface area contributed by atoms with E-state index in [-0.39, 0.29) is 11.7 Å². The zero-order valence-corrected chi connectivity index (χ0v) is 15.2. The fourth-order valence-electron chi connectivity index (χ4n) is 4.00. The molecule has 2 fully saturated rings. The molecule has 0 bridgehead atoms. The molecule has 0 spiro atoms. The van der Waals surface area contributed by atoms with Crippen LogP contribution in [0.3, 0.4) is 0 Å². The van der Waals surface area contributed by atoms with Crippen molar-refractivity contribution in [1.29, 1.82) is 0 Å². The number of anilines is 1. The highest BCUT2D eigenvalue weighted by atomic mass is 16.5. The molecule has 2 atom stereocenters. The number of pyridine rings is 1. The Labute approximate surface area is 157 Å². The van der Waals surface area contributed by atoms with Crippen molar-refractivity contribution >= 4 is 11.7 Å². The molecule has 7 nitrogen and oxygen atoms in total. The number of H-pyrrole nitrogens is 1. The van der Waals surface area contributed by atoms with Gasteiger partial charge in [0, 0.05) is 25.3 Å². The molecule has 2 aliphatic rings. The number of morpholine rings is 1. The van der Waals surface area contributed by atoms with Gasteiger partial charge in [-0.15, -0.1) is 0 Å². The van der Waals surface area contributed by atoms with Gasteiger partial charge in [-0.05, 0) is 35.7 Å². The minimum absolute atomic E-state index is 0.222. The Morgan fingerprint density at radius 2 is 2.07 bits per heavy atom. The van der Waals surface area contributed by atoms with Gasteiger partial charge in [0.2, 0.25) is 0 Å². The van der Waals surface area contributed by atoms with Gasteiger partial charge in [-0.3, -0.25) is 4.79 Å². The highest BCUT2D eigenvalue weighted by molar-refractivity contribution is 5.88. The molecule has 0 unspecified atom stereocenters. The van der Waals surface area contributed by atoms with Crippen molar-refractivity contribution in [3.8, 4) is 11.3 Å². The van der Waals surface area contributed by atoms with Crippen LogP contribution in [0.4, 0.5) is 5.69 Å². The first-order valence-electron chi connectivity index (χ1n) is 9.27. The van der Waals surface area contributed by atoms with Crippen molar-refractivity contribution in [2.45, 2.75) is 25.5 Å². The normalized spacial score (nSPS) is 21.9. The molecule has 1 aromatic heterocycles. The number of hydrogen-bond acceptors (Lipinski definition) is 5. The van der Waals surface area contributed by atoms with E-state index in [4.69, 9.17) is 9.84 Å². The van der Waals surface area contributed by atoms with Gasteiger partial charge in [0.25, 0.3) is 5.56 Å². The summed E-state index contributed by atoms with van der Waals surface area (Å²) in [5.74, 6) is -1.21. The van der Waals surface area contributed by atoms with Crippen LogP contribution in [0.2, 0.25) is 0 Å². The van der Waals surface area contributed by atoms with E-state index in [1.54, 1.807) is 0 Å². The third kappa shape index (κ3) is 3.24. The van der Waals surface area contributed by atoms with Crippen LogP contribution in [0.1, 0.15) is 22.8 Å². The first-order valence-corrected chi connectivity index (χ1v) is 9.27. The number of rotatable bonds is 4. The molecule has 142 valence electrons. The van der Waals surface area contributed by atoms with E-state index in [1.807, 2.05) is 19.1 Å². The number of aromatic nitrogens is 1. The summed E-state index contributed by atoms with van der Waals surface area (Å²) in [7, 11) is 0. The van der Waals surface area contributed by atoms with Crippen LogP contribution in [0.25, 0.3) is 11.3 Å². The molecule has 2 saturated heterocycles. The third-order valence-electron chi connectivity index (χ3n) is 5.41. The maximum absolute atomic E-state index is 12.1. The average molecular weight is 369 g/mol. The number of fused-ring (bicyclic) bond motifs is 1. The van der Waals surface area contributed by atoms with E-state index in [0.717, 1.165) is 36.4 Å². The zero-order chi connectivity index (χ0) is 19.0. The van der Waals surface area contributed by atoms with Gasteiger partial charge in [-0.25, -0.2) is 4.79 Å². The van der Waals surface area contributed by atoms with Crippen molar-refractivity contribution in [3.63, 3.8) is 0 Å². The first kappa shape index (κ1) is 17.8. The second-order valence-electron chi connectivity index (χ2n) is 6.95. The summed E-state index contributed by atoms with van der Waals surface area (Å²) in [4.78, 5) is 28.4. The largest absolute Gasteiger partial charge is 0.477 e. The van der Waals surface area contributed by atoms with E-state index in [9.17, 15) is 9.59 Å². The molecule has 1 aromatic carbocycles. The molecule has 2 aromatic rings. The first-order chi connectivity index (χ1) is 13.1. The molecule has 4 rings (SSSR count). The SMILES string of the molecule is CCc1cc(C(=O)O)c(=O)[nH]c1-c1ccc(N2CCO[C@H]3CNC[C@H]32)cc1. The van der Waals surface area contributed by atoms with Crippen LogP contribution in [0.5, 0.6) is 0 Å². The topological polar surface area (TPSA) is 94.7 Å². The molecule has 0 saturated carbocycles. The number of nitrogens with one attached hydrogen (secondary N) is 2. The number of aromatic carboxylic acids is 1. The second-order valence-corrected chi connectivity index (χ2v) is 6.95. The Morgan fingerprint density at radius 3 is 2.78 bits per heavy atom. The van der Waals surface area contributed by atoms with Gasteiger partial charge < -0.3 is 25.0 Å². The Morgan fingerprint density at radius 1 is 1.30 bits per heavy atom. The van der Waals surface area contributed by atoms with E-state index >= 15 is 0 Å². The molecule has 7 heteroatoms. The van der Waals surface area contributed by atoms with Gasteiger partial charge >= 0.3 is 5.97 Å². The van der Waals surface area contributed by atoms with Gasteiger partial charge in [0.05, 0.1) is 24.4 Å². The van der Waals surface area contributed by atoms with Crippen LogP contribution in [-0.4, -0.2) is 54.4 Å². The number of aryl methyl sites for hydroxylation is 1. The standard InChI is InChI=1S/C20H23N3O4/c1-2-12-9-15(20(25)26)19(24)22-18(12)13-3-5-14(6-4-13)23-7-8-27-17-11-21-10-16(17)23/h3-6,9,16-17,21H,2,7-8,10-11H2,1H3,(H,22,24)(H,25,26)/t16-,17+/m1/s1. The Kier molecular flexibility index (Phi) is 4.72. The number of nitrogens with zero attached hydrogens (tertiary/aromatic N) is 1. The summed E-state index contributed by atoms with van der Waals surface area (Å²) in [6.45, 7) is 5.31. The van der Waals surface area contributed by atoms with Crippen LogP contribution >= 0.6 is 0 Å². The number of ether oxygens (including phenoxy) is 1. The third-order valence-corrected chi connectivity index (χ3v) is 5.41. The molecule has 0 aliphatic carbocycles. The fraction of sp³-hybridized carbons (Fsp3) is 0.400.